The number of halogens is 1. The van der Waals surface area contributed by atoms with E-state index in [2.05, 4.69) is 4.99 Å². The molecule has 0 saturated carbocycles. The number of ether oxygens (including phenoxy) is 1. The van der Waals surface area contributed by atoms with Crippen LogP contribution < -0.4 is 8.92 Å². The normalized spacial score (nSPS) is 11.6. The molecule has 0 heterocycles. The van der Waals surface area contributed by atoms with Crippen molar-refractivity contribution in [2.75, 3.05) is 6.61 Å². The van der Waals surface area contributed by atoms with Crippen LogP contribution in [0.3, 0.4) is 0 Å². The number of hydrogen-bond acceptors (Lipinski definition) is 5. The Hall–Kier alpha value is -2.83. The van der Waals surface area contributed by atoms with Crippen molar-refractivity contribution in [1.82, 2.24) is 0 Å². The number of para-hydroxylation sites is 1. The van der Waals surface area contributed by atoms with Gasteiger partial charge in [0.1, 0.15) is 4.90 Å². The van der Waals surface area contributed by atoms with Crippen molar-refractivity contribution >= 4 is 33.6 Å². The third kappa shape index (κ3) is 5.20. The zero-order chi connectivity index (χ0) is 21.7. The fourth-order valence-electron chi connectivity index (χ4n) is 2.72. The molecule has 0 aromatic heterocycles. The lowest BCUT2D eigenvalue weighted by Gasteiger charge is -2.14. The Balaban J connectivity index is 1.95. The van der Waals surface area contributed by atoms with E-state index in [1.54, 1.807) is 37.4 Å². The minimum Gasteiger partial charge on any atom is -0.490 e. The van der Waals surface area contributed by atoms with Gasteiger partial charge in [-0.05, 0) is 62.2 Å². The molecule has 0 N–H and O–H groups in total. The van der Waals surface area contributed by atoms with Gasteiger partial charge in [0.15, 0.2) is 5.75 Å². The Labute approximate surface area is 182 Å². The van der Waals surface area contributed by atoms with E-state index in [0.717, 1.165) is 16.8 Å². The molecule has 0 aliphatic carbocycles. The summed E-state index contributed by atoms with van der Waals surface area (Å²) in [6.07, 6.45) is 1.65. The van der Waals surface area contributed by atoms with Crippen molar-refractivity contribution in [3.63, 3.8) is 0 Å². The Morgan fingerprint density at radius 1 is 1.03 bits per heavy atom. The highest BCUT2D eigenvalue weighted by atomic mass is 35.5. The maximum atomic E-state index is 12.7. The molecule has 0 atom stereocenters. The molecular formula is C23H22ClNO4S. The lowest BCUT2D eigenvalue weighted by atomic mass is 10.2. The molecule has 3 aromatic rings. The van der Waals surface area contributed by atoms with Crippen LogP contribution in [0.5, 0.6) is 11.5 Å². The summed E-state index contributed by atoms with van der Waals surface area (Å²) in [7, 11) is -4.07. The molecule has 156 valence electrons. The first-order valence-corrected chi connectivity index (χ1v) is 11.2. The van der Waals surface area contributed by atoms with Gasteiger partial charge in [0.05, 0.1) is 17.3 Å². The van der Waals surface area contributed by atoms with E-state index < -0.39 is 10.1 Å². The lowest BCUT2D eigenvalue weighted by Crippen LogP contribution is -2.11. The van der Waals surface area contributed by atoms with E-state index in [1.807, 2.05) is 38.1 Å². The molecule has 0 bridgehead atoms. The van der Waals surface area contributed by atoms with Crippen LogP contribution in [0.1, 0.15) is 23.6 Å². The summed E-state index contributed by atoms with van der Waals surface area (Å²) in [6, 6.07) is 17.3. The van der Waals surface area contributed by atoms with Gasteiger partial charge in [-0.2, -0.15) is 8.42 Å². The zero-order valence-corrected chi connectivity index (χ0v) is 18.5. The van der Waals surface area contributed by atoms with Gasteiger partial charge in [-0.3, -0.25) is 4.99 Å². The summed E-state index contributed by atoms with van der Waals surface area (Å²) in [6.45, 7) is 5.95. The fourth-order valence-corrected chi connectivity index (χ4v) is 3.98. The van der Waals surface area contributed by atoms with Crippen LogP contribution in [0.4, 0.5) is 5.69 Å². The first-order chi connectivity index (χ1) is 14.3. The van der Waals surface area contributed by atoms with Crippen LogP contribution in [0.2, 0.25) is 5.02 Å². The quantitative estimate of drug-likeness (QED) is 0.338. The SMILES string of the molecule is CCOc1cc(C=Nc2ccccc2C)cc(Cl)c1OS(=O)(=O)c1ccc(C)cc1. The molecule has 0 fully saturated rings. The van der Waals surface area contributed by atoms with Crippen molar-refractivity contribution < 1.29 is 17.3 Å². The van der Waals surface area contributed by atoms with Gasteiger partial charge >= 0.3 is 10.1 Å². The Morgan fingerprint density at radius 2 is 1.73 bits per heavy atom. The molecule has 3 aromatic carbocycles. The van der Waals surface area contributed by atoms with Crippen molar-refractivity contribution in [2.45, 2.75) is 25.7 Å². The van der Waals surface area contributed by atoms with Gasteiger partial charge in [-0.1, -0.05) is 47.5 Å². The van der Waals surface area contributed by atoms with Crippen LogP contribution >= 0.6 is 11.6 Å². The van der Waals surface area contributed by atoms with Crippen LogP contribution in [-0.2, 0) is 10.1 Å². The second-order valence-electron chi connectivity index (χ2n) is 6.66. The molecule has 0 unspecified atom stereocenters. The molecule has 0 aliphatic heterocycles. The van der Waals surface area contributed by atoms with Gasteiger partial charge < -0.3 is 8.92 Å². The molecule has 0 spiro atoms. The minimum absolute atomic E-state index is 0.0387. The fraction of sp³-hybridized carbons (Fsp3) is 0.174. The van der Waals surface area contributed by atoms with Gasteiger partial charge in [0.2, 0.25) is 5.75 Å². The summed E-state index contributed by atoms with van der Waals surface area (Å²) in [5, 5.41) is 0.114. The van der Waals surface area contributed by atoms with Gasteiger partial charge in [-0.15, -0.1) is 0 Å². The summed E-state index contributed by atoms with van der Waals surface area (Å²) in [5.41, 5.74) is 3.47. The number of hydrogen-bond donors (Lipinski definition) is 0. The molecule has 7 heteroatoms. The molecule has 3 rings (SSSR count). The number of benzene rings is 3. The summed E-state index contributed by atoms with van der Waals surface area (Å²) in [4.78, 5) is 4.52. The first-order valence-electron chi connectivity index (χ1n) is 9.37. The summed E-state index contributed by atoms with van der Waals surface area (Å²) < 4.78 is 36.3. The molecule has 30 heavy (non-hydrogen) atoms. The van der Waals surface area contributed by atoms with E-state index in [0.29, 0.717) is 12.2 Å². The Morgan fingerprint density at radius 3 is 2.40 bits per heavy atom. The third-order valence-corrected chi connectivity index (χ3v) is 5.82. The Bertz CT molecular complexity index is 1170. The minimum atomic E-state index is -4.07. The van der Waals surface area contributed by atoms with Gasteiger partial charge in [0.25, 0.3) is 0 Å². The second kappa shape index (κ2) is 9.32. The number of aryl methyl sites for hydroxylation is 2. The first kappa shape index (κ1) is 21.9. The monoisotopic (exact) mass is 443 g/mol. The maximum Gasteiger partial charge on any atom is 0.339 e. The standard InChI is InChI=1S/C23H22ClNO4S/c1-4-28-22-14-18(15-25-21-8-6-5-7-17(21)3)13-20(24)23(22)29-30(26,27)19-11-9-16(2)10-12-19/h5-15H,4H2,1-3H3. The number of rotatable bonds is 7. The molecule has 0 amide bonds. The molecule has 0 aliphatic rings. The van der Waals surface area contributed by atoms with E-state index in [-0.39, 0.29) is 21.4 Å². The van der Waals surface area contributed by atoms with E-state index >= 15 is 0 Å². The van der Waals surface area contributed by atoms with Crippen molar-refractivity contribution in [1.29, 1.82) is 0 Å². The Kier molecular flexibility index (Phi) is 6.80. The molecule has 5 nitrogen and oxygen atoms in total. The average molecular weight is 444 g/mol. The third-order valence-electron chi connectivity index (χ3n) is 4.30. The molecular weight excluding hydrogens is 422 g/mol. The van der Waals surface area contributed by atoms with Gasteiger partial charge in [0, 0.05) is 6.21 Å². The smallest absolute Gasteiger partial charge is 0.339 e. The van der Waals surface area contributed by atoms with Crippen LogP contribution in [-0.4, -0.2) is 21.2 Å². The van der Waals surface area contributed by atoms with E-state index in [1.165, 1.54) is 12.1 Å². The van der Waals surface area contributed by atoms with Crippen molar-refractivity contribution in [3.05, 3.63) is 82.4 Å². The molecule has 0 radical (unpaired) electrons. The number of aliphatic imine (C=N–C) groups is 1. The van der Waals surface area contributed by atoms with Crippen LogP contribution in [0, 0.1) is 13.8 Å². The van der Waals surface area contributed by atoms with Crippen molar-refractivity contribution in [2.24, 2.45) is 4.99 Å². The summed E-state index contributed by atoms with van der Waals surface area (Å²) in [5.74, 6) is 0.180. The zero-order valence-electron chi connectivity index (χ0n) is 16.9. The number of nitrogens with zero attached hydrogens (tertiary/aromatic N) is 1. The maximum absolute atomic E-state index is 12.7. The molecule has 0 saturated heterocycles. The van der Waals surface area contributed by atoms with E-state index in [9.17, 15) is 8.42 Å². The summed E-state index contributed by atoms with van der Waals surface area (Å²) >= 11 is 6.37. The highest BCUT2D eigenvalue weighted by Crippen LogP contribution is 2.38. The van der Waals surface area contributed by atoms with Crippen molar-refractivity contribution in [3.8, 4) is 11.5 Å². The highest BCUT2D eigenvalue weighted by molar-refractivity contribution is 7.87. The van der Waals surface area contributed by atoms with Crippen LogP contribution in [0.15, 0.2) is 70.6 Å². The topological polar surface area (TPSA) is 65.0 Å². The predicted molar refractivity (Wildman–Crippen MR) is 120 cm³/mol. The predicted octanol–water partition coefficient (Wildman–Crippen LogP) is 5.87. The highest BCUT2D eigenvalue weighted by Gasteiger charge is 2.22. The van der Waals surface area contributed by atoms with Crippen LogP contribution in [0.25, 0.3) is 0 Å². The lowest BCUT2D eigenvalue weighted by molar-refractivity contribution is 0.327. The second-order valence-corrected chi connectivity index (χ2v) is 8.61. The average Bonchev–Trinajstić information content (AvgIpc) is 2.70. The van der Waals surface area contributed by atoms with E-state index in [4.69, 9.17) is 20.5 Å². The van der Waals surface area contributed by atoms with Gasteiger partial charge in [-0.25, -0.2) is 0 Å². The largest absolute Gasteiger partial charge is 0.490 e.